The first-order valence-corrected chi connectivity index (χ1v) is 16.4. The Labute approximate surface area is 277 Å². The molecule has 224 valence electrons. The molecule has 0 N–H and O–H groups in total. The van der Waals surface area contributed by atoms with E-state index in [-0.39, 0.29) is 0 Å². The standard InChI is InChI=1S/C45H29N3/c1-2-14-35-30(12-1)13-11-19-36(35)41-28-31(24-25-46-41)32-26-33(47-42-20-7-3-15-37(42)38-16-4-8-21-43(38)47)29-34(27-32)48-44-22-9-5-17-39(44)40-18-6-10-23-45(40)48/h1-29H. The summed E-state index contributed by atoms with van der Waals surface area (Å²) < 4.78 is 4.83. The van der Waals surface area contributed by atoms with Gasteiger partial charge in [0.2, 0.25) is 0 Å². The Bertz CT molecular complexity index is 2610. The van der Waals surface area contributed by atoms with Gasteiger partial charge in [-0.2, -0.15) is 0 Å². The minimum Gasteiger partial charge on any atom is -0.309 e. The van der Waals surface area contributed by atoms with Crippen LogP contribution in [0.4, 0.5) is 0 Å². The maximum atomic E-state index is 4.88. The van der Waals surface area contributed by atoms with Crippen molar-refractivity contribution in [2.75, 3.05) is 0 Å². The number of rotatable bonds is 4. The zero-order valence-corrected chi connectivity index (χ0v) is 26.1. The van der Waals surface area contributed by atoms with Crippen molar-refractivity contribution in [3.05, 3.63) is 176 Å². The van der Waals surface area contributed by atoms with Gasteiger partial charge in [0.1, 0.15) is 0 Å². The summed E-state index contributed by atoms with van der Waals surface area (Å²) in [4.78, 5) is 4.88. The van der Waals surface area contributed by atoms with Crippen LogP contribution in [-0.4, -0.2) is 14.1 Å². The summed E-state index contributed by atoms with van der Waals surface area (Å²) in [5, 5.41) is 7.41. The van der Waals surface area contributed by atoms with E-state index in [4.69, 9.17) is 4.98 Å². The van der Waals surface area contributed by atoms with Crippen molar-refractivity contribution in [3.63, 3.8) is 0 Å². The van der Waals surface area contributed by atoms with Gasteiger partial charge in [-0.25, -0.2) is 0 Å². The molecule has 0 radical (unpaired) electrons. The number of hydrogen-bond donors (Lipinski definition) is 0. The quantitative estimate of drug-likeness (QED) is 0.194. The van der Waals surface area contributed by atoms with Gasteiger partial charge in [-0.3, -0.25) is 4.98 Å². The lowest BCUT2D eigenvalue weighted by Crippen LogP contribution is -2.00. The molecule has 3 heterocycles. The lowest BCUT2D eigenvalue weighted by Gasteiger charge is -2.16. The van der Waals surface area contributed by atoms with E-state index in [0.717, 1.165) is 33.8 Å². The Hall–Kier alpha value is -6.45. The van der Waals surface area contributed by atoms with Crippen molar-refractivity contribution in [2.45, 2.75) is 0 Å². The van der Waals surface area contributed by atoms with Gasteiger partial charge in [-0.15, -0.1) is 0 Å². The van der Waals surface area contributed by atoms with Gasteiger partial charge in [0.15, 0.2) is 0 Å². The number of pyridine rings is 1. The molecule has 0 saturated carbocycles. The van der Waals surface area contributed by atoms with E-state index in [2.05, 4.69) is 179 Å². The first-order chi connectivity index (χ1) is 23.8. The maximum absolute atomic E-state index is 4.88. The molecular formula is C45H29N3. The third-order valence-electron chi connectivity index (χ3n) is 9.74. The molecule has 0 atom stereocenters. The van der Waals surface area contributed by atoms with E-state index in [0.29, 0.717) is 0 Å². The summed E-state index contributed by atoms with van der Waals surface area (Å²) in [6.45, 7) is 0. The highest BCUT2D eigenvalue weighted by molar-refractivity contribution is 6.10. The summed E-state index contributed by atoms with van der Waals surface area (Å²) in [6.07, 6.45) is 1.94. The summed E-state index contributed by atoms with van der Waals surface area (Å²) >= 11 is 0. The molecule has 0 aliphatic carbocycles. The molecular weight excluding hydrogens is 583 g/mol. The minimum absolute atomic E-state index is 0.963. The second-order valence-electron chi connectivity index (χ2n) is 12.4. The van der Waals surface area contributed by atoms with Crippen LogP contribution in [0.3, 0.4) is 0 Å². The molecule has 7 aromatic carbocycles. The van der Waals surface area contributed by atoms with Gasteiger partial charge in [-0.05, 0) is 76.5 Å². The van der Waals surface area contributed by atoms with E-state index in [1.807, 2.05) is 6.20 Å². The first kappa shape index (κ1) is 26.7. The number of nitrogens with zero attached hydrogens (tertiary/aromatic N) is 3. The average molecular weight is 612 g/mol. The summed E-state index contributed by atoms with van der Waals surface area (Å²) in [5.41, 5.74) is 11.3. The van der Waals surface area contributed by atoms with Crippen LogP contribution >= 0.6 is 0 Å². The van der Waals surface area contributed by atoms with Crippen LogP contribution in [0.25, 0.3) is 88.1 Å². The van der Waals surface area contributed by atoms with Gasteiger partial charge >= 0.3 is 0 Å². The van der Waals surface area contributed by atoms with Crippen LogP contribution in [0.15, 0.2) is 176 Å². The second kappa shape index (κ2) is 10.5. The summed E-state index contributed by atoms with van der Waals surface area (Å²) in [6, 6.07) is 61.2. The molecule has 0 bridgehead atoms. The predicted molar refractivity (Wildman–Crippen MR) is 201 cm³/mol. The lowest BCUT2D eigenvalue weighted by molar-refractivity contribution is 1.13. The molecule has 3 nitrogen and oxygen atoms in total. The molecule has 0 spiro atoms. The van der Waals surface area contributed by atoms with Crippen molar-refractivity contribution in [1.29, 1.82) is 0 Å². The fraction of sp³-hybridized carbons (Fsp3) is 0. The first-order valence-electron chi connectivity index (χ1n) is 16.4. The van der Waals surface area contributed by atoms with Crippen LogP contribution in [0.5, 0.6) is 0 Å². The Morgan fingerprint density at radius 1 is 0.354 bits per heavy atom. The monoisotopic (exact) mass is 611 g/mol. The van der Waals surface area contributed by atoms with E-state index < -0.39 is 0 Å². The van der Waals surface area contributed by atoms with E-state index in [1.54, 1.807) is 0 Å². The van der Waals surface area contributed by atoms with Gasteiger partial charge < -0.3 is 9.13 Å². The van der Waals surface area contributed by atoms with E-state index in [9.17, 15) is 0 Å². The zero-order chi connectivity index (χ0) is 31.6. The molecule has 0 aliphatic heterocycles. The Morgan fingerprint density at radius 2 is 0.812 bits per heavy atom. The van der Waals surface area contributed by atoms with Crippen molar-refractivity contribution in [3.8, 4) is 33.8 Å². The SMILES string of the molecule is c1ccc2c(-c3cc(-c4cc(-n5c6ccccc6c6ccccc65)cc(-n5c6ccccc6c6ccccc65)c4)ccn3)cccc2c1. The molecule has 0 amide bonds. The Balaban J connectivity index is 1.28. The average Bonchev–Trinajstić information content (AvgIpc) is 3.68. The number of hydrogen-bond acceptors (Lipinski definition) is 1. The third kappa shape index (κ3) is 4.04. The predicted octanol–water partition coefficient (Wildman–Crippen LogP) is 11.8. The van der Waals surface area contributed by atoms with Crippen LogP contribution in [0.2, 0.25) is 0 Å². The van der Waals surface area contributed by atoms with Crippen LogP contribution in [-0.2, 0) is 0 Å². The normalized spacial score (nSPS) is 11.8. The molecule has 0 saturated heterocycles. The molecule has 3 heteroatoms. The van der Waals surface area contributed by atoms with Gasteiger partial charge in [0.25, 0.3) is 0 Å². The number of fused-ring (bicyclic) bond motifs is 7. The lowest BCUT2D eigenvalue weighted by atomic mass is 9.98. The molecule has 10 rings (SSSR count). The fourth-order valence-electron chi connectivity index (χ4n) is 7.63. The van der Waals surface area contributed by atoms with Crippen LogP contribution < -0.4 is 0 Å². The maximum Gasteiger partial charge on any atom is 0.0714 e. The Morgan fingerprint density at radius 3 is 1.35 bits per heavy atom. The van der Waals surface area contributed by atoms with Gasteiger partial charge in [0, 0.05) is 44.7 Å². The van der Waals surface area contributed by atoms with Crippen LogP contribution in [0, 0.1) is 0 Å². The van der Waals surface area contributed by atoms with E-state index in [1.165, 1.54) is 54.4 Å². The molecule has 10 aromatic rings. The van der Waals surface area contributed by atoms with Gasteiger partial charge in [0.05, 0.1) is 27.8 Å². The van der Waals surface area contributed by atoms with Crippen molar-refractivity contribution in [1.82, 2.24) is 14.1 Å². The number of aromatic nitrogens is 3. The number of benzene rings is 7. The Kier molecular flexibility index (Phi) is 5.87. The molecule has 48 heavy (non-hydrogen) atoms. The van der Waals surface area contributed by atoms with Crippen molar-refractivity contribution < 1.29 is 0 Å². The van der Waals surface area contributed by atoms with Gasteiger partial charge in [-0.1, -0.05) is 115 Å². The topological polar surface area (TPSA) is 22.8 Å². The van der Waals surface area contributed by atoms with Crippen molar-refractivity contribution in [2.24, 2.45) is 0 Å². The molecule has 3 aromatic heterocycles. The van der Waals surface area contributed by atoms with Crippen molar-refractivity contribution >= 4 is 54.4 Å². The van der Waals surface area contributed by atoms with Crippen LogP contribution in [0.1, 0.15) is 0 Å². The minimum atomic E-state index is 0.963. The summed E-state index contributed by atoms with van der Waals surface area (Å²) in [7, 11) is 0. The highest BCUT2D eigenvalue weighted by Crippen LogP contribution is 2.38. The summed E-state index contributed by atoms with van der Waals surface area (Å²) in [5.74, 6) is 0. The molecule has 0 fully saturated rings. The third-order valence-corrected chi connectivity index (χ3v) is 9.74. The smallest absolute Gasteiger partial charge is 0.0714 e. The molecule has 0 unspecified atom stereocenters. The van der Waals surface area contributed by atoms with E-state index >= 15 is 0 Å². The largest absolute Gasteiger partial charge is 0.309 e. The molecule has 0 aliphatic rings. The second-order valence-corrected chi connectivity index (χ2v) is 12.4. The fourth-order valence-corrected chi connectivity index (χ4v) is 7.63. The number of para-hydroxylation sites is 4. The highest BCUT2D eigenvalue weighted by atomic mass is 15.0. The zero-order valence-electron chi connectivity index (χ0n) is 26.1. The highest BCUT2D eigenvalue weighted by Gasteiger charge is 2.17.